The number of nitrogens with zero attached hydrogens (tertiary/aromatic N) is 1. The van der Waals surface area contributed by atoms with Crippen molar-refractivity contribution in [3.63, 3.8) is 0 Å². The maximum absolute atomic E-state index is 5.69. The summed E-state index contributed by atoms with van der Waals surface area (Å²) in [5.41, 5.74) is 8.54. The SMILES string of the molecule is Cc1cccc(Nc2cc(N)ccn2)c1Br. The second-order valence-corrected chi connectivity index (χ2v) is 4.33. The first-order valence-electron chi connectivity index (χ1n) is 4.90. The molecule has 0 unspecified atom stereocenters. The average Bonchev–Trinajstić information content (AvgIpc) is 2.25. The molecule has 0 spiro atoms. The molecule has 16 heavy (non-hydrogen) atoms. The predicted octanol–water partition coefficient (Wildman–Crippen LogP) is 3.48. The van der Waals surface area contributed by atoms with Crippen LogP contribution in [0.15, 0.2) is 41.0 Å². The highest BCUT2D eigenvalue weighted by Gasteiger charge is 2.03. The van der Waals surface area contributed by atoms with Crippen LogP contribution in [-0.2, 0) is 0 Å². The third-order valence-corrected chi connectivity index (χ3v) is 3.29. The van der Waals surface area contributed by atoms with Gasteiger partial charge < -0.3 is 11.1 Å². The van der Waals surface area contributed by atoms with Gasteiger partial charge in [-0.1, -0.05) is 12.1 Å². The maximum Gasteiger partial charge on any atom is 0.132 e. The molecule has 0 saturated heterocycles. The Morgan fingerprint density at radius 2 is 2.12 bits per heavy atom. The minimum atomic E-state index is 0.696. The first-order chi connectivity index (χ1) is 7.66. The molecule has 0 aliphatic carbocycles. The van der Waals surface area contributed by atoms with Gasteiger partial charge in [0.15, 0.2) is 0 Å². The molecule has 3 nitrogen and oxygen atoms in total. The normalized spacial score (nSPS) is 10.1. The summed E-state index contributed by atoms with van der Waals surface area (Å²) in [7, 11) is 0. The molecule has 82 valence electrons. The van der Waals surface area contributed by atoms with Gasteiger partial charge in [0.1, 0.15) is 5.82 Å². The van der Waals surface area contributed by atoms with Crippen LogP contribution < -0.4 is 11.1 Å². The van der Waals surface area contributed by atoms with E-state index in [0.717, 1.165) is 16.0 Å². The Kier molecular flexibility index (Phi) is 3.10. The molecule has 0 atom stereocenters. The minimum Gasteiger partial charge on any atom is -0.399 e. The Morgan fingerprint density at radius 1 is 1.31 bits per heavy atom. The number of hydrogen-bond donors (Lipinski definition) is 2. The highest BCUT2D eigenvalue weighted by atomic mass is 79.9. The van der Waals surface area contributed by atoms with Crippen molar-refractivity contribution in [2.45, 2.75) is 6.92 Å². The summed E-state index contributed by atoms with van der Waals surface area (Å²) in [4.78, 5) is 4.19. The molecule has 0 fully saturated rings. The Bertz CT molecular complexity index is 511. The van der Waals surface area contributed by atoms with Crippen LogP contribution in [-0.4, -0.2) is 4.98 Å². The predicted molar refractivity (Wildman–Crippen MR) is 70.8 cm³/mol. The van der Waals surface area contributed by atoms with Gasteiger partial charge in [0.25, 0.3) is 0 Å². The van der Waals surface area contributed by atoms with E-state index in [4.69, 9.17) is 5.73 Å². The van der Waals surface area contributed by atoms with E-state index in [1.165, 1.54) is 5.56 Å². The quantitative estimate of drug-likeness (QED) is 0.884. The molecule has 0 radical (unpaired) electrons. The van der Waals surface area contributed by atoms with Gasteiger partial charge in [-0.15, -0.1) is 0 Å². The molecule has 0 saturated carbocycles. The zero-order valence-corrected chi connectivity index (χ0v) is 10.5. The van der Waals surface area contributed by atoms with Gasteiger partial charge in [0.05, 0.1) is 5.69 Å². The van der Waals surface area contributed by atoms with Crippen molar-refractivity contribution in [1.82, 2.24) is 4.98 Å². The molecule has 0 bridgehead atoms. The molecule has 0 amide bonds. The number of rotatable bonds is 2. The van der Waals surface area contributed by atoms with Crippen molar-refractivity contribution in [3.05, 3.63) is 46.6 Å². The Morgan fingerprint density at radius 3 is 2.88 bits per heavy atom. The summed E-state index contributed by atoms with van der Waals surface area (Å²) in [5.74, 6) is 0.742. The third-order valence-electron chi connectivity index (χ3n) is 2.24. The fourth-order valence-corrected chi connectivity index (χ4v) is 1.76. The standard InChI is InChI=1S/C12H12BrN3/c1-8-3-2-4-10(12(8)13)16-11-7-9(14)5-6-15-11/h2-7H,1H3,(H3,14,15,16). The van der Waals surface area contributed by atoms with Gasteiger partial charge in [-0.2, -0.15) is 0 Å². The number of nitrogens with one attached hydrogen (secondary N) is 1. The molecule has 1 heterocycles. The van der Waals surface area contributed by atoms with Crippen LogP contribution in [0.1, 0.15) is 5.56 Å². The smallest absolute Gasteiger partial charge is 0.132 e. The lowest BCUT2D eigenvalue weighted by atomic mass is 10.2. The van der Waals surface area contributed by atoms with Gasteiger partial charge in [-0.05, 0) is 40.5 Å². The van der Waals surface area contributed by atoms with Crippen LogP contribution in [0.25, 0.3) is 0 Å². The van der Waals surface area contributed by atoms with Crippen LogP contribution >= 0.6 is 15.9 Å². The van der Waals surface area contributed by atoms with Crippen LogP contribution in [0.4, 0.5) is 17.2 Å². The minimum absolute atomic E-state index is 0.696. The second-order valence-electron chi connectivity index (χ2n) is 3.54. The van der Waals surface area contributed by atoms with Gasteiger partial charge >= 0.3 is 0 Å². The molecule has 0 aliphatic heterocycles. The van der Waals surface area contributed by atoms with E-state index in [1.807, 2.05) is 25.1 Å². The third kappa shape index (κ3) is 2.33. The largest absolute Gasteiger partial charge is 0.399 e. The lowest BCUT2D eigenvalue weighted by Gasteiger charge is -2.09. The number of hydrogen-bond acceptors (Lipinski definition) is 3. The number of nitrogens with two attached hydrogens (primary N) is 1. The van der Waals surface area contributed by atoms with Crippen LogP contribution in [0.5, 0.6) is 0 Å². The van der Waals surface area contributed by atoms with E-state index in [2.05, 4.69) is 26.2 Å². The Hall–Kier alpha value is -1.55. The number of nitrogen functional groups attached to an aromatic ring is 1. The van der Waals surface area contributed by atoms with Crippen LogP contribution in [0.2, 0.25) is 0 Å². The zero-order valence-electron chi connectivity index (χ0n) is 8.87. The first-order valence-corrected chi connectivity index (χ1v) is 5.70. The number of anilines is 3. The van der Waals surface area contributed by atoms with Gasteiger partial charge in [-0.25, -0.2) is 4.98 Å². The lowest BCUT2D eigenvalue weighted by molar-refractivity contribution is 1.30. The molecule has 4 heteroatoms. The lowest BCUT2D eigenvalue weighted by Crippen LogP contribution is -1.96. The summed E-state index contributed by atoms with van der Waals surface area (Å²) in [6, 6.07) is 9.59. The van der Waals surface area contributed by atoms with Gasteiger partial charge in [0.2, 0.25) is 0 Å². The molecule has 1 aromatic carbocycles. The van der Waals surface area contributed by atoms with E-state index in [1.54, 1.807) is 18.3 Å². The molecule has 0 aliphatic rings. The fraction of sp³-hybridized carbons (Fsp3) is 0.0833. The summed E-state index contributed by atoms with van der Waals surface area (Å²) in [6.07, 6.45) is 1.68. The number of pyridine rings is 1. The fourth-order valence-electron chi connectivity index (χ4n) is 1.40. The molecular formula is C12H12BrN3. The molecule has 3 N–H and O–H groups in total. The van der Waals surface area contributed by atoms with Crippen LogP contribution in [0.3, 0.4) is 0 Å². The summed E-state index contributed by atoms with van der Waals surface area (Å²) in [5, 5.41) is 3.22. The summed E-state index contributed by atoms with van der Waals surface area (Å²) in [6.45, 7) is 2.04. The van der Waals surface area contributed by atoms with Crippen molar-refractivity contribution >= 4 is 33.1 Å². The topological polar surface area (TPSA) is 50.9 Å². The molecule has 2 aromatic rings. The van der Waals surface area contributed by atoms with Crippen molar-refractivity contribution in [3.8, 4) is 0 Å². The van der Waals surface area contributed by atoms with E-state index in [0.29, 0.717) is 5.69 Å². The van der Waals surface area contributed by atoms with E-state index in [-0.39, 0.29) is 0 Å². The second kappa shape index (κ2) is 4.53. The van der Waals surface area contributed by atoms with Crippen LogP contribution in [0, 0.1) is 6.92 Å². The van der Waals surface area contributed by atoms with Crippen molar-refractivity contribution in [2.24, 2.45) is 0 Å². The van der Waals surface area contributed by atoms with E-state index < -0.39 is 0 Å². The molecule has 2 rings (SSSR count). The molecule has 1 aromatic heterocycles. The van der Waals surface area contributed by atoms with Gasteiger partial charge in [-0.3, -0.25) is 0 Å². The average molecular weight is 278 g/mol. The summed E-state index contributed by atoms with van der Waals surface area (Å²) >= 11 is 3.53. The van der Waals surface area contributed by atoms with Crippen molar-refractivity contribution in [2.75, 3.05) is 11.1 Å². The van der Waals surface area contributed by atoms with E-state index in [9.17, 15) is 0 Å². The first kappa shape index (κ1) is 11.0. The van der Waals surface area contributed by atoms with E-state index >= 15 is 0 Å². The monoisotopic (exact) mass is 277 g/mol. The number of halogens is 1. The van der Waals surface area contributed by atoms with Gasteiger partial charge in [0, 0.05) is 22.4 Å². The summed E-state index contributed by atoms with van der Waals surface area (Å²) < 4.78 is 1.04. The molecular weight excluding hydrogens is 266 g/mol. The zero-order chi connectivity index (χ0) is 11.5. The van der Waals surface area contributed by atoms with Crippen molar-refractivity contribution in [1.29, 1.82) is 0 Å². The number of aryl methyl sites for hydroxylation is 1. The highest BCUT2D eigenvalue weighted by molar-refractivity contribution is 9.10. The Balaban J connectivity index is 2.31. The maximum atomic E-state index is 5.69. The number of benzene rings is 1. The van der Waals surface area contributed by atoms with Crippen molar-refractivity contribution < 1.29 is 0 Å². The Labute approximate surface area is 103 Å². The number of aromatic nitrogens is 1. The highest BCUT2D eigenvalue weighted by Crippen LogP contribution is 2.28.